The molecule has 2 aromatic carbocycles. The van der Waals surface area contributed by atoms with E-state index < -0.39 is 17.6 Å². The molecule has 2 N–H and O–H groups in total. The second-order valence-electron chi connectivity index (χ2n) is 9.75. The standard InChI is InChI=1S/C27H30N2O5S/c1-27(17-10-11-17,25(32)29-12-13-35-16-18(29)14-24(30)31)28-26(33)34-15-23-21-8-4-2-6-19(21)20-7-3-5-9-22(20)23/h2-9,17-18,23H,10-16H2,1H3,(H,28,33)(H,30,31). The Morgan fingerprint density at radius 3 is 2.31 bits per heavy atom. The van der Waals surface area contributed by atoms with E-state index in [0.29, 0.717) is 12.3 Å². The van der Waals surface area contributed by atoms with Crippen molar-refractivity contribution in [3.63, 3.8) is 0 Å². The number of alkyl carbamates (subject to hydrolysis) is 1. The van der Waals surface area contributed by atoms with Gasteiger partial charge in [0.25, 0.3) is 0 Å². The van der Waals surface area contributed by atoms with Crippen LogP contribution < -0.4 is 5.32 Å². The van der Waals surface area contributed by atoms with E-state index in [4.69, 9.17) is 4.74 Å². The summed E-state index contributed by atoms with van der Waals surface area (Å²) in [5.41, 5.74) is 3.46. The summed E-state index contributed by atoms with van der Waals surface area (Å²) < 4.78 is 5.72. The number of rotatable bonds is 7. The Morgan fingerprint density at radius 1 is 1.09 bits per heavy atom. The monoisotopic (exact) mass is 494 g/mol. The third-order valence-corrected chi connectivity index (χ3v) is 8.53. The van der Waals surface area contributed by atoms with Crippen LogP contribution in [0.4, 0.5) is 4.79 Å². The molecule has 0 spiro atoms. The number of aliphatic carboxylic acids is 1. The molecule has 0 radical (unpaired) electrons. The maximum Gasteiger partial charge on any atom is 0.408 e. The van der Waals surface area contributed by atoms with E-state index in [1.54, 1.807) is 23.6 Å². The summed E-state index contributed by atoms with van der Waals surface area (Å²) in [6.07, 6.45) is 0.983. The Morgan fingerprint density at radius 2 is 1.71 bits per heavy atom. The molecule has 35 heavy (non-hydrogen) atoms. The Balaban J connectivity index is 1.29. The third kappa shape index (κ3) is 4.63. The second kappa shape index (κ2) is 9.57. The van der Waals surface area contributed by atoms with Crippen molar-refractivity contribution in [1.29, 1.82) is 0 Å². The quantitative estimate of drug-likeness (QED) is 0.601. The van der Waals surface area contributed by atoms with E-state index in [9.17, 15) is 19.5 Å². The predicted octanol–water partition coefficient (Wildman–Crippen LogP) is 4.11. The van der Waals surface area contributed by atoms with Crippen LogP contribution in [0, 0.1) is 5.92 Å². The van der Waals surface area contributed by atoms with Gasteiger partial charge in [0.15, 0.2) is 0 Å². The lowest BCUT2D eigenvalue weighted by Gasteiger charge is -2.41. The largest absolute Gasteiger partial charge is 0.481 e. The fraction of sp³-hybridized carbons (Fsp3) is 0.444. The molecule has 2 aliphatic carbocycles. The highest BCUT2D eigenvalue weighted by Gasteiger charge is 2.51. The second-order valence-corrected chi connectivity index (χ2v) is 10.9. The molecular formula is C27H30N2O5S. The smallest absolute Gasteiger partial charge is 0.408 e. The molecule has 0 bridgehead atoms. The SMILES string of the molecule is CC(NC(=O)OCC1c2ccccc2-c2ccccc21)(C(=O)N1CCSCC1CC(=O)O)C1CC1. The lowest BCUT2D eigenvalue weighted by atomic mass is 9.92. The minimum Gasteiger partial charge on any atom is -0.481 e. The van der Waals surface area contributed by atoms with Crippen LogP contribution in [0.1, 0.15) is 43.2 Å². The first-order chi connectivity index (χ1) is 16.9. The van der Waals surface area contributed by atoms with Crippen LogP contribution in [0.5, 0.6) is 0 Å². The highest BCUT2D eigenvalue weighted by atomic mass is 32.2. The fourth-order valence-electron chi connectivity index (χ4n) is 5.43. The molecule has 1 aliphatic heterocycles. The number of benzene rings is 2. The number of nitrogens with zero attached hydrogens (tertiary/aromatic N) is 1. The van der Waals surface area contributed by atoms with E-state index in [1.165, 1.54) is 0 Å². The van der Waals surface area contributed by atoms with Crippen molar-refractivity contribution in [2.24, 2.45) is 5.92 Å². The average Bonchev–Trinajstić information content (AvgIpc) is 3.66. The van der Waals surface area contributed by atoms with Gasteiger partial charge in [-0.25, -0.2) is 4.79 Å². The van der Waals surface area contributed by atoms with Gasteiger partial charge in [-0.1, -0.05) is 48.5 Å². The van der Waals surface area contributed by atoms with E-state index in [-0.39, 0.29) is 36.8 Å². The summed E-state index contributed by atoms with van der Waals surface area (Å²) in [6, 6.07) is 15.9. The zero-order valence-electron chi connectivity index (χ0n) is 19.7. The summed E-state index contributed by atoms with van der Waals surface area (Å²) in [5, 5.41) is 12.2. The molecule has 3 aliphatic rings. The number of carboxylic acids is 1. The number of carbonyl (C=O) groups is 3. The number of carboxylic acid groups (broad SMARTS) is 1. The van der Waals surface area contributed by atoms with Crippen LogP contribution in [0.2, 0.25) is 0 Å². The molecule has 1 saturated heterocycles. The molecular weight excluding hydrogens is 464 g/mol. The molecule has 8 heteroatoms. The van der Waals surface area contributed by atoms with Gasteiger partial charge in [0, 0.05) is 24.0 Å². The van der Waals surface area contributed by atoms with Gasteiger partial charge in [-0.15, -0.1) is 0 Å². The van der Waals surface area contributed by atoms with Crippen molar-refractivity contribution in [3.05, 3.63) is 59.7 Å². The minimum absolute atomic E-state index is 0.0236. The minimum atomic E-state index is -1.11. The Labute approximate surface area is 209 Å². The Kier molecular flexibility index (Phi) is 6.49. The summed E-state index contributed by atoms with van der Waals surface area (Å²) >= 11 is 1.66. The lowest BCUT2D eigenvalue weighted by molar-refractivity contribution is -0.143. The topological polar surface area (TPSA) is 95.9 Å². The first kappa shape index (κ1) is 23.7. The van der Waals surface area contributed by atoms with E-state index in [2.05, 4.69) is 29.6 Å². The third-order valence-electron chi connectivity index (χ3n) is 7.44. The van der Waals surface area contributed by atoms with Crippen LogP contribution in [0.25, 0.3) is 11.1 Å². The first-order valence-corrected chi connectivity index (χ1v) is 13.3. The summed E-state index contributed by atoms with van der Waals surface area (Å²) in [4.78, 5) is 39.7. The van der Waals surface area contributed by atoms with E-state index in [1.807, 2.05) is 24.3 Å². The molecule has 2 amide bonds. The summed E-state index contributed by atoms with van der Waals surface area (Å²) in [5.74, 6) is 0.177. The number of amides is 2. The Bertz CT molecular complexity index is 1100. The van der Waals surface area contributed by atoms with Crippen LogP contribution >= 0.6 is 11.8 Å². The zero-order chi connectivity index (χ0) is 24.6. The summed E-state index contributed by atoms with van der Waals surface area (Å²) in [6.45, 7) is 2.42. The van der Waals surface area contributed by atoms with Gasteiger partial charge < -0.3 is 20.1 Å². The van der Waals surface area contributed by atoms with Crippen LogP contribution in [0.15, 0.2) is 48.5 Å². The van der Waals surface area contributed by atoms with Crippen molar-refractivity contribution in [3.8, 4) is 11.1 Å². The van der Waals surface area contributed by atoms with Gasteiger partial charge in [0.05, 0.1) is 12.5 Å². The lowest BCUT2D eigenvalue weighted by Crippen LogP contribution is -2.62. The van der Waals surface area contributed by atoms with Gasteiger partial charge >= 0.3 is 12.1 Å². The number of ether oxygens (including phenoxy) is 1. The number of hydrogen-bond donors (Lipinski definition) is 2. The molecule has 1 saturated carbocycles. The number of nitrogens with one attached hydrogen (secondary N) is 1. The maximum absolute atomic E-state index is 13.7. The molecule has 2 atom stereocenters. The molecule has 2 unspecified atom stereocenters. The van der Waals surface area contributed by atoms with Gasteiger partial charge in [-0.2, -0.15) is 11.8 Å². The number of carbonyl (C=O) groups excluding carboxylic acids is 2. The van der Waals surface area contributed by atoms with Crippen molar-refractivity contribution in [2.75, 3.05) is 24.7 Å². The first-order valence-electron chi connectivity index (χ1n) is 12.1. The van der Waals surface area contributed by atoms with Crippen molar-refractivity contribution in [1.82, 2.24) is 10.2 Å². The van der Waals surface area contributed by atoms with Crippen LogP contribution in [0.3, 0.4) is 0 Å². The number of hydrogen-bond acceptors (Lipinski definition) is 5. The van der Waals surface area contributed by atoms with E-state index >= 15 is 0 Å². The number of thioether (sulfide) groups is 1. The van der Waals surface area contributed by atoms with Crippen LogP contribution in [-0.2, 0) is 14.3 Å². The fourth-order valence-corrected chi connectivity index (χ4v) is 6.49. The van der Waals surface area contributed by atoms with Crippen molar-refractivity contribution in [2.45, 2.75) is 43.7 Å². The van der Waals surface area contributed by atoms with Gasteiger partial charge in [-0.3, -0.25) is 9.59 Å². The van der Waals surface area contributed by atoms with Crippen molar-refractivity contribution < 1.29 is 24.2 Å². The molecule has 1 heterocycles. The number of fused-ring (bicyclic) bond motifs is 3. The molecule has 7 nitrogen and oxygen atoms in total. The molecule has 2 fully saturated rings. The molecule has 0 aromatic heterocycles. The summed E-state index contributed by atoms with van der Waals surface area (Å²) in [7, 11) is 0. The highest BCUT2D eigenvalue weighted by Crippen LogP contribution is 2.45. The zero-order valence-corrected chi connectivity index (χ0v) is 20.6. The van der Waals surface area contributed by atoms with E-state index in [0.717, 1.165) is 40.8 Å². The maximum atomic E-state index is 13.7. The van der Waals surface area contributed by atoms with Gasteiger partial charge in [-0.05, 0) is 47.9 Å². The highest BCUT2D eigenvalue weighted by molar-refractivity contribution is 7.99. The van der Waals surface area contributed by atoms with Gasteiger partial charge in [0.1, 0.15) is 12.1 Å². The predicted molar refractivity (Wildman–Crippen MR) is 134 cm³/mol. The molecule has 184 valence electrons. The molecule has 5 rings (SSSR count). The van der Waals surface area contributed by atoms with Gasteiger partial charge in [0.2, 0.25) is 5.91 Å². The van der Waals surface area contributed by atoms with Crippen molar-refractivity contribution >= 4 is 29.7 Å². The van der Waals surface area contributed by atoms with Crippen LogP contribution in [-0.4, -0.2) is 64.2 Å². The molecule has 2 aromatic rings. The normalized spacial score (nSPS) is 20.9. The Hall–Kier alpha value is -3.00. The average molecular weight is 495 g/mol.